The monoisotopic (exact) mass is 437 g/mol. The summed E-state index contributed by atoms with van der Waals surface area (Å²) in [6.07, 6.45) is 1.55. The molecular weight excluding hydrogens is 406 g/mol. The second-order valence-corrected chi connectivity index (χ2v) is 8.96. The molecule has 0 aliphatic carbocycles. The number of likely N-dealkylation sites (tertiary alicyclic amines) is 1. The normalized spacial score (nSPS) is 14.9. The van der Waals surface area contributed by atoms with Crippen LogP contribution >= 0.6 is 11.6 Å². The smallest absolute Gasteiger partial charge is 0.409 e. The summed E-state index contributed by atoms with van der Waals surface area (Å²) >= 11 is 6.10. The molecule has 3 amide bonds. The molecule has 1 heterocycles. The second-order valence-electron chi connectivity index (χ2n) is 8.56. The van der Waals surface area contributed by atoms with Crippen molar-refractivity contribution < 1.29 is 19.1 Å². The summed E-state index contributed by atoms with van der Waals surface area (Å²) < 4.78 is 5.01. The number of anilines is 1. The third kappa shape index (κ3) is 7.52. The summed E-state index contributed by atoms with van der Waals surface area (Å²) in [7, 11) is 0. The van der Waals surface area contributed by atoms with Crippen LogP contribution in [0.5, 0.6) is 0 Å². The van der Waals surface area contributed by atoms with Crippen molar-refractivity contribution >= 4 is 35.2 Å². The molecule has 2 N–H and O–H groups in total. The van der Waals surface area contributed by atoms with E-state index in [4.69, 9.17) is 16.3 Å². The van der Waals surface area contributed by atoms with Crippen molar-refractivity contribution in [2.24, 2.45) is 5.41 Å². The van der Waals surface area contributed by atoms with Gasteiger partial charge < -0.3 is 20.3 Å². The Kier molecular flexibility index (Phi) is 8.53. The van der Waals surface area contributed by atoms with Crippen molar-refractivity contribution in [2.75, 3.05) is 25.0 Å². The predicted molar refractivity (Wildman–Crippen MR) is 118 cm³/mol. The molecule has 0 atom stereocenters. The van der Waals surface area contributed by atoms with Crippen molar-refractivity contribution in [1.29, 1.82) is 0 Å². The first-order chi connectivity index (χ1) is 14.1. The molecule has 0 bridgehead atoms. The average Bonchev–Trinajstić information content (AvgIpc) is 2.64. The number of carbonyl (C=O) groups excluding carboxylic acids is 3. The van der Waals surface area contributed by atoms with E-state index in [0.29, 0.717) is 43.2 Å². The van der Waals surface area contributed by atoms with Gasteiger partial charge in [-0.3, -0.25) is 9.59 Å². The highest BCUT2D eigenvalue weighted by atomic mass is 35.5. The molecule has 0 unspecified atom stereocenters. The van der Waals surface area contributed by atoms with Gasteiger partial charge in [0, 0.05) is 42.7 Å². The Balaban J connectivity index is 1.77. The molecule has 1 aromatic carbocycles. The molecule has 0 saturated carbocycles. The van der Waals surface area contributed by atoms with E-state index in [2.05, 4.69) is 10.6 Å². The number of hydrogen-bond acceptors (Lipinski definition) is 4. The first-order valence-electron chi connectivity index (χ1n) is 10.4. The van der Waals surface area contributed by atoms with Crippen LogP contribution < -0.4 is 10.6 Å². The number of amides is 3. The number of nitrogens with one attached hydrogen (secondary N) is 2. The second kappa shape index (κ2) is 10.7. The van der Waals surface area contributed by atoms with Crippen molar-refractivity contribution in [3.63, 3.8) is 0 Å². The van der Waals surface area contributed by atoms with Gasteiger partial charge in [-0.05, 0) is 49.8 Å². The summed E-state index contributed by atoms with van der Waals surface area (Å²) in [5.74, 6) is -0.240. The molecule has 166 valence electrons. The first kappa shape index (κ1) is 24.0. The topological polar surface area (TPSA) is 87.7 Å². The van der Waals surface area contributed by atoms with Gasteiger partial charge >= 0.3 is 6.09 Å². The summed E-state index contributed by atoms with van der Waals surface area (Å²) in [4.78, 5) is 38.3. The number of benzene rings is 1. The minimum Gasteiger partial charge on any atom is -0.450 e. The standard InChI is InChI=1S/C22H32ClN3O4/c1-5-30-21(29)26-10-8-16(9-11-26)24-19(27)13-22(3,4)14-20(28)25-17-7-6-15(2)18(23)12-17/h6-7,12,16H,5,8-11,13-14H2,1-4H3,(H,24,27)(H,25,28). The SMILES string of the molecule is CCOC(=O)N1CCC(NC(=O)CC(C)(C)CC(=O)Nc2ccc(C)c(Cl)c2)CC1. The van der Waals surface area contributed by atoms with Crippen LogP contribution in [0.25, 0.3) is 0 Å². The minimum absolute atomic E-state index is 0.0301. The largest absolute Gasteiger partial charge is 0.450 e. The van der Waals surface area contributed by atoms with E-state index in [9.17, 15) is 14.4 Å². The predicted octanol–water partition coefficient (Wildman–Crippen LogP) is 4.13. The lowest BCUT2D eigenvalue weighted by Crippen LogP contribution is -2.47. The van der Waals surface area contributed by atoms with Gasteiger partial charge in [0.15, 0.2) is 0 Å². The Morgan fingerprint density at radius 3 is 2.40 bits per heavy atom. The van der Waals surface area contributed by atoms with Crippen LogP contribution in [-0.2, 0) is 14.3 Å². The molecule has 2 rings (SSSR count). The first-order valence-corrected chi connectivity index (χ1v) is 10.7. The average molecular weight is 438 g/mol. The van der Waals surface area contributed by atoms with Gasteiger partial charge in [0.25, 0.3) is 0 Å². The molecule has 1 aliphatic rings. The van der Waals surface area contributed by atoms with Crippen molar-refractivity contribution in [2.45, 2.75) is 59.4 Å². The Morgan fingerprint density at radius 2 is 1.80 bits per heavy atom. The number of rotatable bonds is 7. The third-order valence-corrected chi connectivity index (χ3v) is 5.53. The van der Waals surface area contributed by atoms with Crippen LogP contribution in [0.4, 0.5) is 10.5 Å². The highest BCUT2D eigenvalue weighted by molar-refractivity contribution is 6.31. The fourth-order valence-electron chi connectivity index (χ4n) is 3.51. The van der Waals surface area contributed by atoms with Crippen molar-refractivity contribution in [3.8, 4) is 0 Å². The highest BCUT2D eigenvalue weighted by Gasteiger charge is 2.28. The van der Waals surface area contributed by atoms with Crippen LogP contribution in [0.1, 0.15) is 52.0 Å². The maximum atomic E-state index is 12.5. The van der Waals surface area contributed by atoms with Crippen LogP contribution in [-0.4, -0.2) is 48.5 Å². The van der Waals surface area contributed by atoms with E-state index < -0.39 is 5.41 Å². The molecule has 8 heteroatoms. The van der Waals surface area contributed by atoms with Gasteiger partial charge in [0.05, 0.1) is 6.61 Å². The molecular formula is C22H32ClN3O4. The lowest BCUT2D eigenvalue weighted by molar-refractivity contribution is -0.125. The van der Waals surface area contributed by atoms with Gasteiger partial charge in [-0.2, -0.15) is 0 Å². The number of ether oxygens (including phenoxy) is 1. The summed E-state index contributed by atoms with van der Waals surface area (Å²) in [5.41, 5.74) is 1.10. The third-order valence-electron chi connectivity index (χ3n) is 5.12. The van der Waals surface area contributed by atoms with Crippen LogP contribution in [0, 0.1) is 12.3 Å². The van der Waals surface area contributed by atoms with E-state index in [-0.39, 0.29) is 36.8 Å². The molecule has 1 aromatic rings. The summed E-state index contributed by atoms with van der Waals surface area (Å²) in [6.45, 7) is 8.97. The molecule has 1 fully saturated rings. The van der Waals surface area contributed by atoms with E-state index in [1.165, 1.54) is 0 Å². The molecule has 1 aliphatic heterocycles. The van der Waals surface area contributed by atoms with Crippen LogP contribution in [0.2, 0.25) is 5.02 Å². The number of aryl methyl sites for hydroxylation is 1. The zero-order valence-electron chi connectivity index (χ0n) is 18.2. The van der Waals surface area contributed by atoms with Crippen molar-refractivity contribution in [3.05, 3.63) is 28.8 Å². The molecule has 7 nitrogen and oxygen atoms in total. The van der Waals surface area contributed by atoms with Crippen LogP contribution in [0.15, 0.2) is 18.2 Å². The number of carbonyl (C=O) groups is 3. The Bertz CT molecular complexity index is 774. The van der Waals surface area contributed by atoms with E-state index >= 15 is 0 Å². The number of halogens is 1. The van der Waals surface area contributed by atoms with E-state index in [1.54, 1.807) is 17.9 Å². The molecule has 0 spiro atoms. The molecule has 30 heavy (non-hydrogen) atoms. The van der Waals surface area contributed by atoms with E-state index in [0.717, 1.165) is 5.56 Å². The van der Waals surface area contributed by atoms with Crippen molar-refractivity contribution in [1.82, 2.24) is 10.2 Å². The maximum Gasteiger partial charge on any atom is 0.409 e. The van der Waals surface area contributed by atoms with Gasteiger partial charge in [-0.25, -0.2) is 4.79 Å². The lowest BCUT2D eigenvalue weighted by atomic mass is 9.84. The summed E-state index contributed by atoms with van der Waals surface area (Å²) in [5, 5.41) is 6.48. The lowest BCUT2D eigenvalue weighted by Gasteiger charge is -2.32. The fraction of sp³-hybridized carbons (Fsp3) is 0.591. The molecule has 0 radical (unpaired) electrons. The van der Waals surface area contributed by atoms with Crippen LogP contribution in [0.3, 0.4) is 0 Å². The fourth-order valence-corrected chi connectivity index (χ4v) is 3.69. The number of hydrogen-bond donors (Lipinski definition) is 2. The van der Waals surface area contributed by atoms with Gasteiger partial charge in [-0.1, -0.05) is 31.5 Å². The van der Waals surface area contributed by atoms with Gasteiger partial charge in [-0.15, -0.1) is 0 Å². The Hall–Kier alpha value is -2.28. The number of piperidine rings is 1. The highest BCUT2D eigenvalue weighted by Crippen LogP contribution is 2.27. The molecule has 1 saturated heterocycles. The Morgan fingerprint density at radius 1 is 1.17 bits per heavy atom. The maximum absolute atomic E-state index is 12.5. The number of nitrogens with zero attached hydrogens (tertiary/aromatic N) is 1. The van der Waals surface area contributed by atoms with Gasteiger partial charge in [0.2, 0.25) is 11.8 Å². The quantitative estimate of drug-likeness (QED) is 0.671. The zero-order valence-corrected chi connectivity index (χ0v) is 19.0. The van der Waals surface area contributed by atoms with Gasteiger partial charge in [0.1, 0.15) is 0 Å². The Labute approximate surface area is 183 Å². The zero-order chi connectivity index (χ0) is 22.3. The van der Waals surface area contributed by atoms with E-state index in [1.807, 2.05) is 32.9 Å². The minimum atomic E-state index is -0.492. The summed E-state index contributed by atoms with van der Waals surface area (Å²) in [6, 6.07) is 5.41. The molecule has 0 aromatic heterocycles.